The van der Waals surface area contributed by atoms with Gasteiger partial charge in [0.2, 0.25) is 0 Å². The van der Waals surface area contributed by atoms with Crippen LogP contribution in [0.3, 0.4) is 0 Å². The van der Waals surface area contributed by atoms with E-state index in [0.717, 1.165) is 22.5 Å². The summed E-state index contributed by atoms with van der Waals surface area (Å²) in [4.78, 5) is 38.0. The zero-order valence-corrected chi connectivity index (χ0v) is 16.5. The number of ether oxygens (including phenoxy) is 1. The van der Waals surface area contributed by atoms with Crippen LogP contribution >= 0.6 is 0 Å². The highest BCUT2D eigenvalue weighted by Gasteiger charge is 2.24. The minimum absolute atomic E-state index is 0.0864. The highest BCUT2D eigenvalue weighted by molar-refractivity contribution is 5.98. The molecule has 0 N–H and O–H groups in total. The molecule has 0 spiro atoms. The average Bonchev–Trinajstić information content (AvgIpc) is 2.77. The van der Waals surface area contributed by atoms with Gasteiger partial charge in [0.05, 0.1) is 29.4 Å². The first-order chi connectivity index (χ1) is 14.1. The van der Waals surface area contributed by atoms with E-state index in [1.165, 1.54) is 7.11 Å². The fourth-order valence-electron chi connectivity index (χ4n) is 3.58. The molecule has 0 aliphatic carbocycles. The highest BCUT2D eigenvalue weighted by atomic mass is 16.5. The predicted octanol–water partition coefficient (Wildman–Crippen LogP) is 2.69. The maximum atomic E-state index is 12.9. The zero-order chi connectivity index (χ0) is 20.4. The number of methoxy groups -OCH3 is 1. The van der Waals surface area contributed by atoms with E-state index in [0.29, 0.717) is 37.3 Å². The summed E-state index contributed by atoms with van der Waals surface area (Å²) in [6.45, 7) is 4.47. The molecule has 2 aromatic carbocycles. The van der Waals surface area contributed by atoms with E-state index in [2.05, 4.69) is 9.88 Å². The second kappa shape index (κ2) is 7.87. The van der Waals surface area contributed by atoms with Gasteiger partial charge in [-0.05, 0) is 37.3 Å². The third-order valence-corrected chi connectivity index (χ3v) is 5.12. The number of aromatic nitrogens is 2. The Morgan fingerprint density at radius 1 is 0.897 bits per heavy atom. The lowest BCUT2D eigenvalue weighted by molar-refractivity contribution is 0.0600. The van der Waals surface area contributed by atoms with Crippen LogP contribution in [0.25, 0.3) is 11.0 Å². The molecule has 1 saturated heterocycles. The van der Waals surface area contributed by atoms with Crippen LogP contribution in [-0.4, -0.2) is 60.0 Å². The van der Waals surface area contributed by atoms with Gasteiger partial charge in [0.25, 0.3) is 5.91 Å². The van der Waals surface area contributed by atoms with Gasteiger partial charge in [0.15, 0.2) is 5.82 Å². The Morgan fingerprint density at radius 3 is 2.24 bits per heavy atom. The smallest absolute Gasteiger partial charge is 0.337 e. The summed E-state index contributed by atoms with van der Waals surface area (Å²) in [5.74, 6) is 0.329. The largest absolute Gasteiger partial charge is 0.465 e. The van der Waals surface area contributed by atoms with Gasteiger partial charge in [-0.1, -0.05) is 18.2 Å². The van der Waals surface area contributed by atoms with Crippen molar-refractivity contribution in [1.29, 1.82) is 0 Å². The fraction of sp³-hybridized carbons (Fsp3) is 0.273. The van der Waals surface area contributed by atoms with Crippen molar-refractivity contribution >= 4 is 28.7 Å². The number of carbonyl (C=O) groups excluding carboxylic acids is 2. The Kier molecular flexibility index (Phi) is 5.12. The van der Waals surface area contributed by atoms with Crippen LogP contribution in [0.5, 0.6) is 0 Å². The van der Waals surface area contributed by atoms with Crippen LogP contribution in [0.15, 0.2) is 48.5 Å². The van der Waals surface area contributed by atoms with Crippen molar-refractivity contribution < 1.29 is 14.3 Å². The van der Waals surface area contributed by atoms with E-state index < -0.39 is 5.97 Å². The second-order valence-electron chi connectivity index (χ2n) is 6.97. The molecule has 29 heavy (non-hydrogen) atoms. The van der Waals surface area contributed by atoms with Crippen molar-refractivity contribution in [2.45, 2.75) is 6.92 Å². The van der Waals surface area contributed by atoms with Crippen molar-refractivity contribution in [1.82, 2.24) is 14.9 Å². The van der Waals surface area contributed by atoms with Crippen LogP contribution in [0, 0.1) is 6.92 Å². The van der Waals surface area contributed by atoms with Gasteiger partial charge < -0.3 is 14.5 Å². The van der Waals surface area contributed by atoms with E-state index in [4.69, 9.17) is 9.72 Å². The number of hydrogen-bond donors (Lipinski definition) is 0. The summed E-state index contributed by atoms with van der Waals surface area (Å²) in [7, 11) is 1.33. The van der Waals surface area contributed by atoms with E-state index in [-0.39, 0.29) is 5.91 Å². The van der Waals surface area contributed by atoms with Crippen molar-refractivity contribution in [2.75, 3.05) is 38.2 Å². The molecule has 0 radical (unpaired) electrons. The first kappa shape index (κ1) is 18.9. The molecule has 0 bridgehead atoms. The predicted molar refractivity (Wildman–Crippen MR) is 110 cm³/mol. The minimum Gasteiger partial charge on any atom is -0.465 e. The fourth-order valence-corrected chi connectivity index (χ4v) is 3.58. The van der Waals surface area contributed by atoms with Crippen LogP contribution in [-0.2, 0) is 4.74 Å². The Bertz CT molecular complexity index is 1070. The molecule has 0 unspecified atom stereocenters. The van der Waals surface area contributed by atoms with Crippen molar-refractivity contribution in [3.8, 4) is 0 Å². The maximum Gasteiger partial charge on any atom is 0.337 e. The third kappa shape index (κ3) is 3.76. The number of fused-ring (bicyclic) bond motifs is 1. The summed E-state index contributed by atoms with van der Waals surface area (Å²) in [5.41, 5.74) is 3.50. The zero-order valence-electron chi connectivity index (χ0n) is 16.5. The summed E-state index contributed by atoms with van der Waals surface area (Å²) in [6.07, 6.45) is 0. The van der Waals surface area contributed by atoms with Gasteiger partial charge >= 0.3 is 5.97 Å². The molecule has 4 rings (SSSR count). The standard InChI is InChI=1S/C22H22N4O3/c1-15-20(24-19-9-4-3-8-18(19)23-15)25-10-12-26(13-11-25)21(27)16-6-5-7-17(14-16)22(28)29-2/h3-9,14H,10-13H2,1-2H3. The molecule has 7 nitrogen and oxygen atoms in total. The lowest BCUT2D eigenvalue weighted by Crippen LogP contribution is -2.49. The highest BCUT2D eigenvalue weighted by Crippen LogP contribution is 2.22. The summed E-state index contributed by atoms with van der Waals surface area (Å²) in [5, 5.41) is 0. The van der Waals surface area contributed by atoms with Gasteiger partial charge in [-0.25, -0.2) is 14.8 Å². The molecule has 3 aromatic rings. The Balaban J connectivity index is 1.48. The average molecular weight is 390 g/mol. The van der Waals surface area contributed by atoms with Gasteiger partial charge in [-0.3, -0.25) is 4.79 Å². The molecule has 1 aliphatic heterocycles. The van der Waals surface area contributed by atoms with E-state index in [1.54, 1.807) is 29.2 Å². The third-order valence-electron chi connectivity index (χ3n) is 5.12. The van der Waals surface area contributed by atoms with Gasteiger partial charge in [-0.2, -0.15) is 0 Å². The number of nitrogens with zero attached hydrogens (tertiary/aromatic N) is 4. The van der Waals surface area contributed by atoms with E-state index in [1.807, 2.05) is 31.2 Å². The minimum atomic E-state index is -0.449. The number of benzene rings is 2. The normalized spacial score (nSPS) is 14.1. The molecule has 148 valence electrons. The molecule has 1 fully saturated rings. The molecule has 1 amide bonds. The number of piperazine rings is 1. The SMILES string of the molecule is COC(=O)c1cccc(C(=O)N2CCN(c3nc4ccccc4nc3C)CC2)c1. The van der Waals surface area contributed by atoms with Gasteiger partial charge in [0.1, 0.15) is 0 Å². The Hall–Kier alpha value is -3.48. The van der Waals surface area contributed by atoms with Crippen LogP contribution in [0.1, 0.15) is 26.4 Å². The van der Waals surface area contributed by atoms with Crippen LogP contribution < -0.4 is 4.90 Å². The number of para-hydroxylation sites is 2. The second-order valence-corrected chi connectivity index (χ2v) is 6.97. The lowest BCUT2D eigenvalue weighted by atomic mass is 10.1. The number of esters is 1. The first-order valence-electron chi connectivity index (χ1n) is 9.53. The van der Waals surface area contributed by atoms with Crippen LogP contribution in [0.2, 0.25) is 0 Å². The summed E-state index contributed by atoms with van der Waals surface area (Å²) >= 11 is 0. The monoisotopic (exact) mass is 390 g/mol. The molecule has 2 heterocycles. The van der Waals surface area contributed by atoms with E-state index in [9.17, 15) is 9.59 Å². The number of aryl methyl sites for hydroxylation is 1. The lowest BCUT2D eigenvalue weighted by Gasteiger charge is -2.36. The Morgan fingerprint density at radius 2 is 1.55 bits per heavy atom. The molecule has 7 heteroatoms. The molecule has 1 aromatic heterocycles. The molecular formula is C22H22N4O3. The van der Waals surface area contributed by atoms with Gasteiger partial charge in [0, 0.05) is 31.7 Å². The summed E-state index contributed by atoms with van der Waals surface area (Å²) in [6, 6.07) is 14.5. The molecule has 1 aliphatic rings. The van der Waals surface area contributed by atoms with E-state index >= 15 is 0 Å². The quantitative estimate of drug-likeness (QED) is 0.640. The molecule has 0 saturated carbocycles. The number of anilines is 1. The van der Waals surface area contributed by atoms with Crippen LogP contribution in [0.4, 0.5) is 5.82 Å². The summed E-state index contributed by atoms with van der Waals surface area (Å²) < 4.78 is 4.74. The Labute approximate surface area is 168 Å². The number of amides is 1. The topological polar surface area (TPSA) is 75.6 Å². The first-order valence-corrected chi connectivity index (χ1v) is 9.53. The van der Waals surface area contributed by atoms with Crippen molar-refractivity contribution in [3.05, 3.63) is 65.4 Å². The van der Waals surface area contributed by atoms with Crippen molar-refractivity contribution in [3.63, 3.8) is 0 Å². The maximum absolute atomic E-state index is 12.9. The van der Waals surface area contributed by atoms with Crippen molar-refractivity contribution in [2.24, 2.45) is 0 Å². The number of carbonyl (C=O) groups is 2. The molecular weight excluding hydrogens is 368 g/mol. The number of rotatable bonds is 3. The number of hydrogen-bond acceptors (Lipinski definition) is 6. The molecule has 0 atom stereocenters. The van der Waals surface area contributed by atoms with Gasteiger partial charge in [-0.15, -0.1) is 0 Å².